The number of benzene rings is 2. The lowest BCUT2D eigenvalue weighted by Crippen LogP contribution is -2.32. The van der Waals surface area contributed by atoms with Gasteiger partial charge in [0.15, 0.2) is 0 Å². The maximum Gasteiger partial charge on any atom is 0.323 e. The summed E-state index contributed by atoms with van der Waals surface area (Å²) in [4.78, 5) is 28.6. The maximum atomic E-state index is 13.7. The lowest BCUT2D eigenvalue weighted by Gasteiger charge is -2.23. The van der Waals surface area contributed by atoms with Crippen molar-refractivity contribution in [3.63, 3.8) is 0 Å². The maximum absolute atomic E-state index is 13.7. The van der Waals surface area contributed by atoms with E-state index in [0.29, 0.717) is 24.3 Å². The van der Waals surface area contributed by atoms with Gasteiger partial charge in [0, 0.05) is 38.6 Å². The Morgan fingerprint density at radius 2 is 1.67 bits per heavy atom. The number of halogens is 1. The minimum Gasteiger partial charge on any atom is -0.377 e. The minimum atomic E-state index is -0.584. The molecule has 3 amide bonds. The fraction of sp³-hybridized carbons (Fsp3) is 0.300. The number of carbonyl (C=O) groups is 2. The Morgan fingerprint density at radius 1 is 1.00 bits per heavy atom. The molecule has 0 bridgehead atoms. The zero-order valence-corrected chi connectivity index (χ0v) is 16.0. The van der Waals surface area contributed by atoms with E-state index < -0.39 is 11.8 Å². The van der Waals surface area contributed by atoms with Crippen molar-refractivity contribution < 1.29 is 14.0 Å². The summed E-state index contributed by atoms with van der Waals surface area (Å²) in [5, 5.41) is 5.11. The van der Waals surface area contributed by atoms with Crippen molar-refractivity contribution in [3.8, 4) is 0 Å². The highest BCUT2D eigenvalue weighted by molar-refractivity contribution is 6.04. The fourth-order valence-corrected chi connectivity index (χ4v) is 2.70. The first-order valence-electron chi connectivity index (χ1n) is 8.80. The average molecular weight is 372 g/mol. The second-order valence-corrected chi connectivity index (χ2v) is 6.16. The molecule has 2 rings (SSSR count). The predicted molar refractivity (Wildman–Crippen MR) is 107 cm³/mol. The van der Waals surface area contributed by atoms with Gasteiger partial charge in [0.05, 0.1) is 11.3 Å². The van der Waals surface area contributed by atoms with Crippen molar-refractivity contribution in [1.29, 1.82) is 0 Å². The van der Waals surface area contributed by atoms with Crippen LogP contribution in [0.2, 0.25) is 0 Å². The van der Waals surface area contributed by atoms with E-state index in [-0.39, 0.29) is 11.6 Å². The first-order chi connectivity index (χ1) is 12.9. The fourth-order valence-electron chi connectivity index (χ4n) is 2.70. The number of nitrogens with zero attached hydrogens (tertiary/aromatic N) is 2. The standard InChI is InChI=1S/C20H25FN4O2/c1-5-25(6-2)19(26)15-13-14(11-12-18(15)24(3)4)22-20(27)23-17-10-8-7-9-16(17)21/h7-13H,5-6H2,1-4H3,(H2,22,23,27). The van der Waals surface area contributed by atoms with Gasteiger partial charge >= 0.3 is 6.03 Å². The van der Waals surface area contributed by atoms with Crippen LogP contribution in [-0.4, -0.2) is 44.0 Å². The second-order valence-electron chi connectivity index (χ2n) is 6.16. The minimum absolute atomic E-state index is 0.0827. The summed E-state index contributed by atoms with van der Waals surface area (Å²) in [6.45, 7) is 5.02. The van der Waals surface area contributed by atoms with Gasteiger partial charge in [-0.15, -0.1) is 0 Å². The second kappa shape index (κ2) is 9.02. The third-order valence-electron chi connectivity index (χ3n) is 4.14. The molecule has 0 unspecified atom stereocenters. The number of carbonyl (C=O) groups excluding carboxylic acids is 2. The molecule has 2 N–H and O–H groups in total. The Kier molecular flexibility index (Phi) is 6.76. The first kappa shape index (κ1) is 20.2. The van der Waals surface area contributed by atoms with Crippen molar-refractivity contribution in [2.75, 3.05) is 42.7 Å². The van der Waals surface area contributed by atoms with Crippen LogP contribution < -0.4 is 15.5 Å². The van der Waals surface area contributed by atoms with Gasteiger partial charge in [-0.25, -0.2) is 9.18 Å². The molecule has 27 heavy (non-hydrogen) atoms. The third kappa shape index (κ3) is 4.97. The summed E-state index contributed by atoms with van der Waals surface area (Å²) in [6.07, 6.45) is 0. The summed E-state index contributed by atoms with van der Waals surface area (Å²) in [7, 11) is 3.71. The number of para-hydroxylation sites is 1. The van der Waals surface area contributed by atoms with Crippen molar-refractivity contribution in [2.45, 2.75) is 13.8 Å². The van der Waals surface area contributed by atoms with E-state index in [0.717, 1.165) is 5.69 Å². The Balaban J connectivity index is 2.25. The number of urea groups is 1. The van der Waals surface area contributed by atoms with Gasteiger partial charge in [-0.2, -0.15) is 0 Å². The van der Waals surface area contributed by atoms with E-state index in [1.165, 1.54) is 12.1 Å². The monoisotopic (exact) mass is 372 g/mol. The van der Waals surface area contributed by atoms with Gasteiger partial charge in [0.1, 0.15) is 5.82 Å². The Morgan fingerprint density at radius 3 is 2.26 bits per heavy atom. The SMILES string of the molecule is CCN(CC)C(=O)c1cc(NC(=O)Nc2ccccc2F)ccc1N(C)C. The van der Waals surface area contributed by atoms with E-state index in [2.05, 4.69) is 10.6 Å². The summed E-state index contributed by atoms with van der Waals surface area (Å²) in [6, 6.07) is 10.4. The molecule has 0 radical (unpaired) electrons. The zero-order chi connectivity index (χ0) is 20.0. The van der Waals surface area contributed by atoms with Crippen LogP contribution in [-0.2, 0) is 0 Å². The molecule has 0 fully saturated rings. The van der Waals surface area contributed by atoms with Crippen molar-refractivity contribution in [3.05, 3.63) is 53.8 Å². The lowest BCUT2D eigenvalue weighted by molar-refractivity contribution is 0.0773. The molecular weight excluding hydrogens is 347 g/mol. The van der Waals surface area contributed by atoms with Crippen molar-refractivity contribution in [2.24, 2.45) is 0 Å². The molecule has 2 aromatic rings. The van der Waals surface area contributed by atoms with Gasteiger partial charge in [-0.3, -0.25) is 4.79 Å². The first-order valence-corrected chi connectivity index (χ1v) is 8.80. The highest BCUT2D eigenvalue weighted by atomic mass is 19.1. The quantitative estimate of drug-likeness (QED) is 0.805. The molecule has 7 heteroatoms. The molecule has 0 atom stereocenters. The molecule has 0 saturated heterocycles. The van der Waals surface area contributed by atoms with Crippen LogP contribution in [0.3, 0.4) is 0 Å². The van der Waals surface area contributed by atoms with E-state index in [1.807, 2.05) is 32.8 Å². The van der Waals surface area contributed by atoms with Gasteiger partial charge in [0.25, 0.3) is 5.91 Å². The predicted octanol–water partition coefficient (Wildman–Crippen LogP) is 4.02. The van der Waals surface area contributed by atoms with Gasteiger partial charge in [-0.05, 0) is 44.2 Å². The largest absolute Gasteiger partial charge is 0.377 e. The number of rotatable bonds is 6. The topological polar surface area (TPSA) is 64.7 Å². The van der Waals surface area contributed by atoms with E-state index in [4.69, 9.17) is 0 Å². The molecule has 6 nitrogen and oxygen atoms in total. The smallest absolute Gasteiger partial charge is 0.323 e. The summed E-state index contributed by atoms with van der Waals surface area (Å²) >= 11 is 0. The molecule has 0 aliphatic carbocycles. The molecule has 0 saturated carbocycles. The van der Waals surface area contributed by atoms with Crippen LogP contribution in [0, 0.1) is 5.82 Å². The summed E-state index contributed by atoms with van der Waals surface area (Å²) in [5.74, 6) is -0.630. The molecule has 0 aliphatic rings. The Labute approximate surface area is 159 Å². The average Bonchev–Trinajstić information content (AvgIpc) is 2.64. The van der Waals surface area contributed by atoms with E-state index in [1.54, 1.807) is 35.2 Å². The van der Waals surface area contributed by atoms with E-state index >= 15 is 0 Å². The molecular formula is C20H25FN4O2. The van der Waals surface area contributed by atoms with Gasteiger partial charge in [-0.1, -0.05) is 12.1 Å². The Hall–Kier alpha value is -3.09. The van der Waals surface area contributed by atoms with Crippen LogP contribution in [0.5, 0.6) is 0 Å². The molecule has 0 spiro atoms. The van der Waals surface area contributed by atoms with Crippen LogP contribution in [0.25, 0.3) is 0 Å². The number of nitrogens with one attached hydrogen (secondary N) is 2. The number of amides is 3. The molecule has 0 aromatic heterocycles. The van der Waals surface area contributed by atoms with Gasteiger partial charge < -0.3 is 20.4 Å². The zero-order valence-electron chi connectivity index (χ0n) is 16.0. The summed E-state index contributed by atoms with van der Waals surface area (Å²) < 4.78 is 13.7. The molecule has 144 valence electrons. The lowest BCUT2D eigenvalue weighted by atomic mass is 10.1. The molecule has 2 aromatic carbocycles. The van der Waals surface area contributed by atoms with Gasteiger partial charge in [0.2, 0.25) is 0 Å². The van der Waals surface area contributed by atoms with Crippen molar-refractivity contribution >= 4 is 29.0 Å². The highest BCUT2D eigenvalue weighted by Gasteiger charge is 2.19. The highest BCUT2D eigenvalue weighted by Crippen LogP contribution is 2.25. The van der Waals surface area contributed by atoms with Crippen molar-refractivity contribution in [1.82, 2.24) is 4.90 Å². The normalized spacial score (nSPS) is 10.3. The number of hydrogen-bond acceptors (Lipinski definition) is 3. The van der Waals surface area contributed by atoms with E-state index in [9.17, 15) is 14.0 Å². The van der Waals surface area contributed by atoms with Crippen LogP contribution in [0.1, 0.15) is 24.2 Å². The Bertz CT molecular complexity index is 819. The molecule has 0 heterocycles. The molecule has 0 aliphatic heterocycles. The van der Waals surface area contributed by atoms with Crippen LogP contribution in [0.15, 0.2) is 42.5 Å². The summed E-state index contributed by atoms with van der Waals surface area (Å²) in [5.41, 5.74) is 1.78. The van der Waals surface area contributed by atoms with Crippen LogP contribution >= 0.6 is 0 Å². The number of anilines is 3. The number of hydrogen-bond donors (Lipinski definition) is 2. The third-order valence-corrected chi connectivity index (χ3v) is 4.14. The van der Waals surface area contributed by atoms with Crippen LogP contribution in [0.4, 0.5) is 26.2 Å².